The number of thioether (sulfide) groups is 2. The Kier molecular flexibility index (Phi) is 8.31. The maximum Gasteiger partial charge on any atom is 0.346 e. The molecule has 43 heavy (non-hydrogen) atoms. The van der Waals surface area contributed by atoms with Crippen molar-refractivity contribution in [1.29, 1.82) is 5.26 Å². The molecule has 3 aromatic carbocycles. The molecule has 0 amide bonds. The van der Waals surface area contributed by atoms with Crippen molar-refractivity contribution in [3.8, 4) is 27.3 Å². The molecular weight excluding hydrogens is 617 g/mol. The number of nitrogens with zero attached hydrogens (tertiary/aromatic N) is 6. The van der Waals surface area contributed by atoms with E-state index in [0.717, 1.165) is 32.5 Å². The molecule has 0 aliphatic heterocycles. The zero-order valence-electron chi connectivity index (χ0n) is 22.8. The molecule has 6 rings (SSSR count). The Bertz CT molecular complexity index is 1940. The third kappa shape index (κ3) is 5.93. The van der Waals surface area contributed by atoms with Gasteiger partial charge < -0.3 is 10.0 Å². The zero-order chi connectivity index (χ0) is 29.9. The minimum atomic E-state index is -1.25. The van der Waals surface area contributed by atoms with Crippen LogP contribution in [0.1, 0.15) is 4.88 Å². The number of carboxylic acids is 1. The normalized spacial score (nSPS) is 11.5. The molecule has 212 valence electrons. The smallest absolute Gasteiger partial charge is 0.346 e. The molecule has 8 nitrogen and oxygen atoms in total. The minimum absolute atomic E-state index is 0.315. The highest BCUT2D eigenvalue weighted by Gasteiger charge is 2.18. The van der Waals surface area contributed by atoms with E-state index < -0.39 is 5.97 Å². The second-order valence-corrected chi connectivity index (χ2v) is 12.9. The minimum Gasteiger partial charge on any atom is -0.477 e. The molecule has 0 bridgehead atoms. The van der Waals surface area contributed by atoms with E-state index >= 15 is 0 Å². The highest BCUT2D eigenvalue weighted by atomic mass is 32.2. The number of carboxylic acid groups (broad SMARTS) is 1. The summed E-state index contributed by atoms with van der Waals surface area (Å²) in [6.45, 7) is 0. The average molecular weight is 639 g/mol. The van der Waals surface area contributed by atoms with Gasteiger partial charge in [0.15, 0.2) is 10.8 Å². The summed E-state index contributed by atoms with van der Waals surface area (Å²) in [5, 5.41) is 32.4. The summed E-state index contributed by atoms with van der Waals surface area (Å²) in [6.07, 6.45) is 5.51. The fraction of sp³-hybridized carbons (Fsp3) is 0.0645. The maximum atomic E-state index is 11.2. The van der Waals surface area contributed by atoms with Crippen molar-refractivity contribution in [2.75, 3.05) is 17.4 Å². The second kappa shape index (κ2) is 12.4. The number of carbonyl (C=O) groups is 1. The molecule has 12 heteroatoms. The number of thiophene rings is 1. The number of hydrogen-bond donors (Lipinski definition) is 1. The van der Waals surface area contributed by atoms with Gasteiger partial charge in [0.2, 0.25) is 4.96 Å². The topological polar surface area (TPSA) is 107 Å². The van der Waals surface area contributed by atoms with Gasteiger partial charge in [-0.05, 0) is 104 Å². The number of nitriles is 1. The molecule has 3 aromatic heterocycles. The van der Waals surface area contributed by atoms with Crippen molar-refractivity contribution < 1.29 is 9.90 Å². The Hall–Kier alpha value is -4.41. The van der Waals surface area contributed by atoms with E-state index in [1.165, 1.54) is 38.5 Å². The number of hydrogen-bond acceptors (Lipinski definition) is 10. The first kappa shape index (κ1) is 28.7. The number of aromatic nitrogens is 4. The molecular formula is C31H22N6O2S4. The van der Waals surface area contributed by atoms with Crippen molar-refractivity contribution in [3.05, 3.63) is 95.4 Å². The van der Waals surface area contributed by atoms with Crippen molar-refractivity contribution in [3.63, 3.8) is 0 Å². The van der Waals surface area contributed by atoms with Gasteiger partial charge in [0.05, 0.1) is 4.88 Å². The molecule has 1 N–H and O–H groups in total. The molecule has 0 radical (unpaired) electrons. The van der Waals surface area contributed by atoms with Gasteiger partial charge in [-0.15, -0.1) is 45.1 Å². The van der Waals surface area contributed by atoms with Crippen LogP contribution in [0.15, 0.2) is 100 Å². The van der Waals surface area contributed by atoms with E-state index in [-0.39, 0.29) is 5.57 Å². The number of rotatable bonds is 9. The Morgan fingerprint density at radius 2 is 1.44 bits per heavy atom. The molecule has 6 aromatic rings. The number of fused-ring (bicyclic) bond motifs is 1. The molecule has 0 unspecified atom stereocenters. The Balaban J connectivity index is 1.32. The van der Waals surface area contributed by atoms with Crippen LogP contribution in [-0.4, -0.2) is 43.4 Å². The lowest BCUT2D eigenvalue weighted by atomic mass is 10.1. The van der Waals surface area contributed by atoms with Gasteiger partial charge in [-0.2, -0.15) is 14.9 Å². The quantitative estimate of drug-likeness (QED) is 0.0947. The third-order valence-electron chi connectivity index (χ3n) is 6.51. The van der Waals surface area contributed by atoms with Gasteiger partial charge in [0, 0.05) is 37.3 Å². The summed E-state index contributed by atoms with van der Waals surface area (Å²) in [4.78, 5) is 18.0. The monoisotopic (exact) mass is 638 g/mol. The molecule has 0 fully saturated rings. The summed E-state index contributed by atoms with van der Waals surface area (Å²) in [5.41, 5.74) is 3.69. The van der Waals surface area contributed by atoms with Crippen LogP contribution in [0, 0.1) is 11.3 Å². The van der Waals surface area contributed by atoms with Crippen LogP contribution in [0.3, 0.4) is 0 Å². The predicted octanol–water partition coefficient (Wildman–Crippen LogP) is 8.49. The molecule has 3 heterocycles. The first-order valence-corrected chi connectivity index (χ1v) is 16.9. The van der Waals surface area contributed by atoms with E-state index in [9.17, 15) is 4.79 Å². The maximum absolute atomic E-state index is 11.2. The lowest BCUT2D eigenvalue weighted by Gasteiger charge is -2.26. The molecule has 0 aliphatic carbocycles. The van der Waals surface area contributed by atoms with E-state index in [1.807, 2.05) is 18.2 Å². The molecule has 0 saturated heterocycles. The van der Waals surface area contributed by atoms with Crippen LogP contribution < -0.4 is 4.90 Å². The standard InChI is InChI=1S/C31H22N6O2S4/c1-40-24-11-7-22(8-12-24)36(23-9-13-25(41-2)14-10-23)21-5-3-19(4-6-21)28-33-34-31-37(28)35-29(43-31)27-16-15-26(42-27)17-20(18-32)30(38)39/h3-17H,1-2H3,(H,38,39)/b20-17-. The van der Waals surface area contributed by atoms with Crippen LogP contribution in [0.25, 0.3) is 32.3 Å². The van der Waals surface area contributed by atoms with Crippen molar-refractivity contribution in [2.24, 2.45) is 0 Å². The molecule has 0 spiro atoms. The van der Waals surface area contributed by atoms with E-state index in [1.54, 1.807) is 40.2 Å². The van der Waals surface area contributed by atoms with Crippen LogP contribution >= 0.6 is 46.2 Å². The molecule has 0 saturated carbocycles. The van der Waals surface area contributed by atoms with Crippen molar-refractivity contribution >= 4 is 80.3 Å². The lowest BCUT2D eigenvalue weighted by Crippen LogP contribution is -2.09. The third-order valence-corrected chi connectivity index (χ3v) is 10.1. The Labute approximate surface area is 264 Å². The van der Waals surface area contributed by atoms with Gasteiger partial charge in [0.1, 0.15) is 11.6 Å². The van der Waals surface area contributed by atoms with Gasteiger partial charge in [-0.1, -0.05) is 11.3 Å². The predicted molar refractivity (Wildman–Crippen MR) is 177 cm³/mol. The van der Waals surface area contributed by atoms with Crippen molar-refractivity contribution in [2.45, 2.75) is 9.79 Å². The SMILES string of the molecule is CSc1ccc(N(c2ccc(SC)cc2)c2ccc(-c3nnc4sc(-c5ccc(/C=C(/C#N)C(=O)O)s5)nn34)cc2)cc1. The van der Waals surface area contributed by atoms with Gasteiger partial charge >= 0.3 is 5.97 Å². The largest absolute Gasteiger partial charge is 0.477 e. The lowest BCUT2D eigenvalue weighted by molar-refractivity contribution is -0.132. The van der Waals surface area contributed by atoms with Gasteiger partial charge in [-0.3, -0.25) is 0 Å². The van der Waals surface area contributed by atoms with Gasteiger partial charge in [0.25, 0.3) is 0 Å². The highest BCUT2D eigenvalue weighted by molar-refractivity contribution is 7.98. The Morgan fingerprint density at radius 1 is 0.860 bits per heavy atom. The van der Waals surface area contributed by atoms with Crippen LogP contribution in [0.5, 0.6) is 0 Å². The fourth-order valence-electron chi connectivity index (χ4n) is 4.40. The van der Waals surface area contributed by atoms with E-state index in [0.29, 0.717) is 15.7 Å². The zero-order valence-corrected chi connectivity index (χ0v) is 26.1. The second-order valence-electron chi connectivity index (χ2n) is 9.08. The highest BCUT2D eigenvalue weighted by Crippen LogP contribution is 2.38. The number of benzene rings is 3. The average Bonchev–Trinajstić information content (AvgIpc) is 3.77. The van der Waals surface area contributed by atoms with E-state index in [4.69, 9.17) is 15.5 Å². The summed E-state index contributed by atoms with van der Waals surface area (Å²) in [6, 6.07) is 30.6. The van der Waals surface area contributed by atoms with E-state index in [2.05, 4.69) is 88.3 Å². The van der Waals surface area contributed by atoms with Gasteiger partial charge in [-0.25, -0.2) is 4.79 Å². The summed E-state index contributed by atoms with van der Waals surface area (Å²) >= 11 is 6.19. The summed E-state index contributed by atoms with van der Waals surface area (Å²) < 4.78 is 1.72. The van der Waals surface area contributed by atoms with Crippen molar-refractivity contribution in [1.82, 2.24) is 19.8 Å². The fourth-order valence-corrected chi connectivity index (χ4v) is 7.05. The molecule has 0 atom stereocenters. The number of aliphatic carboxylic acids is 1. The van der Waals surface area contributed by atoms with Crippen LogP contribution in [-0.2, 0) is 4.79 Å². The first-order chi connectivity index (χ1) is 21.0. The summed E-state index contributed by atoms with van der Waals surface area (Å²) in [5.74, 6) is -0.629. The van der Waals surface area contributed by atoms with Crippen LogP contribution in [0.2, 0.25) is 0 Å². The first-order valence-electron chi connectivity index (χ1n) is 12.8. The number of anilines is 3. The Morgan fingerprint density at radius 3 is 1.98 bits per heavy atom. The molecule has 0 aliphatic rings. The van der Waals surface area contributed by atoms with Crippen LogP contribution in [0.4, 0.5) is 17.1 Å². The summed E-state index contributed by atoms with van der Waals surface area (Å²) in [7, 11) is 0.